The third-order valence-electron chi connectivity index (χ3n) is 6.60. The van der Waals surface area contributed by atoms with Gasteiger partial charge in [-0.05, 0) is 56.5 Å². The van der Waals surface area contributed by atoms with Gasteiger partial charge in [-0.2, -0.15) is 0 Å². The van der Waals surface area contributed by atoms with E-state index in [9.17, 15) is 4.79 Å². The Kier molecular flexibility index (Phi) is 7.43. The Morgan fingerprint density at radius 2 is 1.71 bits per heavy atom. The molecule has 1 aromatic heterocycles. The topological polar surface area (TPSA) is 60.5 Å². The smallest absolute Gasteiger partial charge is 0.287 e. The summed E-state index contributed by atoms with van der Waals surface area (Å²) >= 11 is 5.35. The Bertz CT molecular complexity index is 908. The molecule has 4 rings (SSSR count). The molecule has 0 unspecified atom stereocenters. The first-order chi connectivity index (χ1) is 15.1. The van der Waals surface area contributed by atoms with Crippen molar-refractivity contribution in [2.45, 2.75) is 96.4 Å². The van der Waals surface area contributed by atoms with E-state index in [1.807, 2.05) is 31.2 Å². The van der Waals surface area contributed by atoms with Crippen molar-refractivity contribution in [2.24, 2.45) is 0 Å². The Morgan fingerprint density at radius 1 is 1.10 bits per heavy atom. The zero-order valence-electron chi connectivity index (χ0n) is 18.4. The molecule has 2 fully saturated rings. The number of rotatable bonds is 7. The fourth-order valence-electron chi connectivity index (χ4n) is 5.00. The van der Waals surface area contributed by atoms with Gasteiger partial charge in [0, 0.05) is 12.1 Å². The van der Waals surface area contributed by atoms with Crippen LogP contribution in [0.5, 0.6) is 5.75 Å². The van der Waals surface area contributed by atoms with Crippen LogP contribution >= 0.6 is 12.2 Å². The summed E-state index contributed by atoms with van der Waals surface area (Å²) in [6, 6.07) is 8.52. The predicted molar refractivity (Wildman–Crippen MR) is 121 cm³/mol. The van der Waals surface area contributed by atoms with Crippen LogP contribution in [0.4, 0.5) is 0 Å². The molecule has 0 atom stereocenters. The van der Waals surface area contributed by atoms with Gasteiger partial charge in [0.15, 0.2) is 6.61 Å². The summed E-state index contributed by atoms with van der Waals surface area (Å²) in [7, 11) is 0. The molecule has 168 valence electrons. The molecule has 6 nitrogen and oxygen atoms in total. The first kappa shape index (κ1) is 22.1. The third-order valence-corrected chi connectivity index (χ3v) is 6.90. The Morgan fingerprint density at radius 3 is 2.32 bits per heavy atom. The van der Waals surface area contributed by atoms with Gasteiger partial charge in [0.25, 0.3) is 10.7 Å². The first-order valence-electron chi connectivity index (χ1n) is 11.7. The lowest BCUT2D eigenvalue weighted by atomic mass is 9.88. The highest BCUT2D eigenvalue weighted by Crippen LogP contribution is 2.30. The molecular weight excluding hydrogens is 410 g/mol. The van der Waals surface area contributed by atoms with E-state index in [-0.39, 0.29) is 23.9 Å². The zero-order chi connectivity index (χ0) is 21.6. The van der Waals surface area contributed by atoms with Crippen LogP contribution in [0, 0.1) is 11.8 Å². The van der Waals surface area contributed by atoms with Gasteiger partial charge in [-0.15, -0.1) is 5.10 Å². The summed E-state index contributed by atoms with van der Waals surface area (Å²) in [5, 5.41) is 4.44. The second-order valence-electron chi connectivity index (χ2n) is 8.86. The number of hydrogen-bond acceptors (Lipinski definition) is 5. The van der Waals surface area contributed by atoms with Crippen LogP contribution in [0.1, 0.15) is 75.7 Å². The molecule has 31 heavy (non-hydrogen) atoms. The highest BCUT2D eigenvalue weighted by Gasteiger charge is 2.32. The molecule has 0 N–H and O–H groups in total. The Labute approximate surface area is 189 Å². The molecule has 0 spiro atoms. The van der Waals surface area contributed by atoms with Crippen molar-refractivity contribution in [1.29, 1.82) is 0 Å². The SMILES string of the molecule is Cc1ccccc1OCc1nn(CC(=O)N(C2CCCCC2)C2CCCCC2)c(=S)o1. The fourth-order valence-corrected chi connectivity index (χ4v) is 5.20. The number of nitrogens with zero attached hydrogens (tertiary/aromatic N) is 3. The maximum Gasteiger partial charge on any atom is 0.287 e. The standard InChI is InChI=1S/C24H33N3O3S/c1-18-10-8-9-15-21(18)29-17-22-25-26(24(31)30-22)16-23(28)27(19-11-4-2-5-12-19)20-13-6-3-7-14-20/h8-10,15,19-20H,2-7,11-14,16-17H2,1H3. The van der Waals surface area contributed by atoms with Gasteiger partial charge in [-0.1, -0.05) is 56.7 Å². The second-order valence-corrected chi connectivity index (χ2v) is 9.21. The van der Waals surface area contributed by atoms with Crippen LogP contribution in [-0.2, 0) is 17.9 Å². The summed E-state index contributed by atoms with van der Waals surface area (Å²) in [5.74, 6) is 1.30. The van der Waals surface area contributed by atoms with Crippen molar-refractivity contribution in [2.75, 3.05) is 0 Å². The average molecular weight is 444 g/mol. The molecule has 0 aliphatic heterocycles. The van der Waals surface area contributed by atoms with E-state index in [0.717, 1.165) is 37.0 Å². The number of amides is 1. The van der Waals surface area contributed by atoms with E-state index in [1.54, 1.807) is 0 Å². The molecule has 0 bridgehead atoms. The van der Waals surface area contributed by atoms with E-state index in [0.29, 0.717) is 18.0 Å². The van der Waals surface area contributed by atoms with Crippen molar-refractivity contribution in [3.05, 3.63) is 40.6 Å². The molecule has 0 radical (unpaired) electrons. The van der Waals surface area contributed by atoms with Gasteiger partial charge in [0.05, 0.1) is 0 Å². The average Bonchev–Trinajstić information content (AvgIpc) is 3.14. The minimum atomic E-state index is 0.120. The number of carbonyl (C=O) groups is 1. The maximum atomic E-state index is 13.4. The van der Waals surface area contributed by atoms with E-state index in [4.69, 9.17) is 21.4 Å². The number of hydrogen-bond donors (Lipinski definition) is 0. The number of ether oxygens (including phenoxy) is 1. The van der Waals surface area contributed by atoms with Crippen molar-refractivity contribution in [3.8, 4) is 5.75 Å². The number of aromatic nitrogens is 2. The summed E-state index contributed by atoms with van der Waals surface area (Å²) < 4.78 is 13.0. The molecule has 7 heteroatoms. The Balaban J connectivity index is 1.44. The second kappa shape index (κ2) is 10.4. The van der Waals surface area contributed by atoms with E-state index < -0.39 is 0 Å². The Hall–Kier alpha value is -2.15. The number of para-hydroxylation sites is 1. The zero-order valence-corrected chi connectivity index (χ0v) is 19.2. The largest absolute Gasteiger partial charge is 0.484 e. The van der Waals surface area contributed by atoms with Crippen LogP contribution in [0.25, 0.3) is 0 Å². The molecule has 2 aromatic rings. The third kappa shape index (κ3) is 5.56. The van der Waals surface area contributed by atoms with Crippen molar-refractivity contribution in [1.82, 2.24) is 14.7 Å². The fraction of sp³-hybridized carbons (Fsp3) is 0.625. The summed E-state index contributed by atoms with van der Waals surface area (Å²) in [4.78, 5) is 15.9. The maximum absolute atomic E-state index is 13.4. The molecule has 1 aromatic carbocycles. The van der Waals surface area contributed by atoms with Gasteiger partial charge in [-0.25, -0.2) is 4.68 Å². The highest BCUT2D eigenvalue weighted by molar-refractivity contribution is 7.71. The number of aryl methyl sites for hydroxylation is 1. The van der Waals surface area contributed by atoms with Gasteiger partial charge in [-0.3, -0.25) is 4.79 Å². The van der Waals surface area contributed by atoms with E-state index in [2.05, 4.69) is 10.00 Å². The van der Waals surface area contributed by atoms with Crippen LogP contribution in [0.3, 0.4) is 0 Å². The van der Waals surface area contributed by atoms with Crippen LogP contribution in [0.2, 0.25) is 0 Å². The predicted octanol–water partition coefficient (Wildman–Crippen LogP) is 5.59. The molecule has 2 aliphatic carbocycles. The molecule has 2 saturated carbocycles. The molecular formula is C24H33N3O3S. The van der Waals surface area contributed by atoms with E-state index in [1.165, 1.54) is 43.2 Å². The van der Waals surface area contributed by atoms with Gasteiger partial charge >= 0.3 is 0 Å². The molecule has 1 amide bonds. The lowest BCUT2D eigenvalue weighted by Gasteiger charge is -2.41. The van der Waals surface area contributed by atoms with Crippen molar-refractivity contribution < 1.29 is 13.9 Å². The lowest BCUT2D eigenvalue weighted by molar-refractivity contribution is -0.139. The van der Waals surface area contributed by atoms with E-state index >= 15 is 0 Å². The van der Waals surface area contributed by atoms with Crippen LogP contribution in [-0.4, -0.2) is 32.7 Å². The van der Waals surface area contributed by atoms with Crippen LogP contribution in [0.15, 0.2) is 28.7 Å². The minimum Gasteiger partial charge on any atom is -0.484 e. The van der Waals surface area contributed by atoms with Gasteiger partial charge in [0.2, 0.25) is 5.91 Å². The summed E-state index contributed by atoms with van der Waals surface area (Å²) in [6.45, 7) is 2.32. The lowest BCUT2D eigenvalue weighted by Crippen LogP contribution is -2.50. The quantitative estimate of drug-likeness (QED) is 0.522. The number of carbonyl (C=O) groups excluding carboxylic acids is 1. The van der Waals surface area contributed by atoms with Crippen molar-refractivity contribution >= 4 is 18.1 Å². The van der Waals surface area contributed by atoms with Crippen molar-refractivity contribution in [3.63, 3.8) is 0 Å². The molecule has 0 saturated heterocycles. The minimum absolute atomic E-state index is 0.120. The van der Waals surface area contributed by atoms with Crippen LogP contribution < -0.4 is 4.74 Å². The first-order valence-corrected chi connectivity index (χ1v) is 12.1. The highest BCUT2D eigenvalue weighted by atomic mass is 32.1. The molecule has 2 aliphatic rings. The van der Waals surface area contributed by atoms with Gasteiger partial charge < -0.3 is 14.1 Å². The summed E-state index contributed by atoms with van der Waals surface area (Å²) in [6.07, 6.45) is 11.9. The monoisotopic (exact) mass is 443 g/mol. The normalized spacial score (nSPS) is 18.1. The number of benzene rings is 1. The summed E-state index contributed by atoms with van der Waals surface area (Å²) in [5.41, 5.74) is 1.05. The molecule has 1 heterocycles. The van der Waals surface area contributed by atoms with Gasteiger partial charge in [0.1, 0.15) is 12.3 Å².